The van der Waals surface area contributed by atoms with Crippen molar-refractivity contribution in [1.82, 2.24) is 25.1 Å². The van der Waals surface area contributed by atoms with Gasteiger partial charge in [-0.15, -0.1) is 5.10 Å². The molecule has 0 unspecified atom stereocenters. The third kappa shape index (κ3) is 6.96. The number of tetrazole rings is 1. The van der Waals surface area contributed by atoms with Crippen molar-refractivity contribution in [2.45, 2.75) is 72.1 Å². The lowest BCUT2D eigenvalue weighted by atomic mass is 9.77. The van der Waals surface area contributed by atoms with Crippen molar-refractivity contribution in [3.8, 4) is 0 Å². The molecule has 0 N–H and O–H groups in total. The summed E-state index contributed by atoms with van der Waals surface area (Å²) in [5, 5.41) is 12.0. The summed E-state index contributed by atoms with van der Waals surface area (Å²) >= 11 is 0. The summed E-state index contributed by atoms with van der Waals surface area (Å²) in [6, 6.07) is 10.5. The van der Waals surface area contributed by atoms with Gasteiger partial charge in [0.2, 0.25) is 5.91 Å². The zero-order valence-corrected chi connectivity index (χ0v) is 22.2. The molecule has 1 aliphatic heterocycles. The van der Waals surface area contributed by atoms with Gasteiger partial charge in [-0.3, -0.25) is 4.79 Å². The van der Waals surface area contributed by atoms with E-state index in [9.17, 15) is 9.59 Å². The van der Waals surface area contributed by atoms with E-state index in [2.05, 4.69) is 35.2 Å². The number of carbonyl (C=O) groups excluding carboxylic acids is 2. The fourth-order valence-electron chi connectivity index (χ4n) is 3.88. The highest BCUT2D eigenvalue weighted by atomic mass is 28.3. The fraction of sp³-hybridized carbons (Fsp3) is 0.625. The van der Waals surface area contributed by atoms with Crippen LogP contribution in [0.15, 0.2) is 30.3 Å². The molecule has 3 rings (SSSR count). The second-order valence-corrected chi connectivity index (χ2v) is 16.8. The molecule has 2 atom stereocenters. The van der Waals surface area contributed by atoms with Gasteiger partial charge in [0.15, 0.2) is 5.82 Å². The Hall–Kier alpha value is -2.59. The average molecular weight is 488 g/mol. The molecule has 1 saturated heterocycles. The van der Waals surface area contributed by atoms with E-state index in [0.717, 1.165) is 11.6 Å². The summed E-state index contributed by atoms with van der Waals surface area (Å²) in [7, 11) is -1.20. The van der Waals surface area contributed by atoms with Crippen molar-refractivity contribution in [2.75, 3.05) is 13.2 Å². The average Bonchev–Trinajstić information content (AvgIpc) is 3.34. The van der Waals surface area contributed by atoms with E-state index in [1.807, 2.05) is 51.1 Å². The summed E-state index contributed by atoms with van der Waals surface area (Å²) in [6.07, 6.45) is 0.265. The minimum atomic E-state index is -1.20. The minimum absolute atomic E-state index is 0.193. The van der Waals surface area contributed by atoms with Gasteiger partial charge in [0.05, 0.1) is 12.0 Å². The number of aromatic nitrogens is 4. The molecule has 2 aromatic rings. The van der Waals surface area contributed by atoms with Crippen LogP contribution >= 0.6 is 0 Å². The van der Waals surface area contributed by atoms with E-state index in [4.69, 9.17) is 9.47 Å². The summed E-state index contributed by atoms with van der Waals surface area (Å²) in [6.45, 7) is 13.9. The maximum Gasteiger partial charge on any atom is 0.416 e. The van der Waals surface area contributed by atoms with E-state index in [1.165, 1.54) is 4.90 Å². The van der Waals surface area contributed by atoms with Crippen molar-refractivity contribution >= 4 is 20.1 Å². The quantitative estimate of drug-likeness (QED) is 0.371. The van der Waals surface area contributed by atoms with Crippen molar-refractivity contribution in [1.29, 1.82) is 0 Å². The molecule has 0 aliphatic carbocycles. The Morgan fingerprint density at radius 2 is 1.94 bits per heavy atom. The summed E-state index contributed by atoms with van der Waals surface area (Å²) in [4.78, 5) is 27.6. The van der Waals surface area contributed by atoms with Crippen LogP contribution in [0.4, 0.5) is 4.79 Å². The van der Waals surface area contributed by atoms with Crippen molar-refractivity contribution in [3.05, 3.63) is 41.7 Å². The zero-order valence-electron chi connectivity index (χ0n) is 21.2. The number of carbonyl (C=O) groups is 2. The molecule has 2 heterocycles. The number of benzene rings is 1. The number of imide groups is 1. The molecule has 0 saturated carbocycles. The van der Waals surface area contributed by atoms with Gasteiger partial charge in [0, 0.05) is 21.1 Å². The Bertz CT molecular complexity index is 968. The van der Waals surface area contributed by atoms with Crippen molar-refractivity contribution < 1.29 is 19.1 Å². The molecule has 1 aliphatic rings. The second-order valence-electron chi connectivity index (χ2n) is 11.2. The van der Waals surface area contributed by atoms with E-state index >= 15 is 0 Å². The predicted octanol–water partition coefficient (Wildman–Crippen LogP) is 3.78. The van der Waals surface area contributed by atoms with E-state index < -0.39 is 25.5 Å². The van der Waals surface area contributed by atoms with E-state index in [0.29, 0.717) is 25.3 Å². The maximum atomic E-state index is 13.7. The van der Waals surface area contributed by atoms with E-state index in [-0.39, 0.29) is 25.3 Å². The first-order valence-electron chi connectivity index (χ1n) is 11.8. The zero-order chi connectivity index (χ0) is 24.9. The molecule has 0 bridgehead atoms. The first-order valence-corrected chi connectivity index (χ1v) is 15.5. The fourth-order valence-corrected chi connectivity index (χ4v) is 4.64. The molecule has 1 aromatic carbocycles. The topological polar surface area (TPSA) is 99.4 Å². The van der Waals surface area contributed by atoms with Gasteiger partial charge in [-0.05, 0) is 33.9 Å². The number of ether oxygens (including phenoxy) is 2. The Kier molecular flexibility index (Phi) is 8.24. The summed E-state index contributed by atoms with van der Waals surface area (Å²) in [5.41, 5.74) is 0.627. The van der Waals surface area contributed by atoms with Crippen molar-refractivity contribution in [2.24, 2.45) is 11.3 Å². The lowest BCUT2D eigenvalue weighted by Gasteiger charge is -2.33. The van der Waals surface area contributed by atoms with Gasteiger partial charge in [-0.2, -0.15) is 0 Å². The van der Waals surface area contributed by atoms with Gasteiger partial charge in [-0.1, -0.05) is 70.7 Å². The van der Waals surface area contributed by atoms with Gasteiger partial charge in [-0.25, -0.2) is 14.4 Å². The lowest BCUT2D eigenvalue weighted by molar-refractivity contribution is -0.137. The first kappa shape index (κ1) is 26.0. The molecule has 0 radical (unpaired) electrons. The Morgan fingerprint density at radius 1 is 1.24 bits per heavy atom. The molecule has 2 amide bonds. The first-order chi connectivity index (χ1) is 16.0. The molecule has 9 nitrogen and oxygen atoms in total. The minimum Gasteiger partial charge on any atom is -0.447 e. The second kappa shape index (κ2) is 10.8. The maximum absolute atomic E-state index is 13.7. The van der Waals surface area contributed by atoms with Crippen LogP contribution in [-0.2, 0) is 33.8 Å². The van der Waals surface area contributed by atoms with Gasteiger partial charge in [0.1, 0.15) is 13.3 Å². The van der Waals surface area contributed by atoms with Crippen LogP contribution in [0, 0.1) is 11.3 Å². The number of rotatable bonds is 10. The number of cyclic esters (lactones) is 1. The van der Waals surface area contributed by atoms with Crippen LogP contribution < -0.4 is 0 Å². The van der Waals surface area contributed by atoms with Crippen LogP contribution in [-0.4, -0.2) is 64.4 Å². The summed E-state index contributed by atoms with van der Waals surface area (Å²) in [5.74, 6) is -0.207. The molecule has 0 spiro atoms. The van der Waals surface area contributed by atoms with Gasteiger partial charge in [0.25, 0.3) is 0 Å². The molecule has 1 fully saturated rings. The Labute approximate surface area is 202 Å². The molecule has 10 heteroatoms. The smallest absolute Gasteiger partial charge is 0.416 e. The van der Waals surface area contributed by atoms with Crippen molar-refractivity contribution in [3.63, 3.8) is 0 Å². The van der Waals surface area contributed by atoms with Gasteiger partial charge >= 0.3 is 6.09 Å². The number of hydrogen-bond donors (Lipinski definition) is 0. The number of nitrogens with zero attached hydrogens (tertiary/aromatic N) is 5. The number of hydrogen-bond acceptors (Lipinski definition) is 7. The molecule has 34 heavy (non-hydrogen) atoms. The molecular formula is C24H37N5O4Si. The largest absolute Gasteiger partial charge is 0.447 e. The Morgan fingerprint density at radius 3 is 2.59 bits per heavy atom. The monoisotopic (exact) mass is 487 g/mol. The van der Waals surface area contributed by atoms with Crippen LogP contribution in [0.2, 0.25) is 25.7 Å². The highest BCUT2D eigenvalue weighted by molar-refractivity contribution is 6.76. The van der Waals surface area contributed by atoms with Gasteiger partial charge < -0.3 is 9.47 Å². The van der Waals surface area contributed by atoms with Crippen LogP contribution in [0.3, 0.4) is 0 Å². The molecule has 186 valence electrons. The SMILES string of the molecule is CC(C)(C)[C@@H](Cc1nnnn1COCC[Si](C)(C)C)C(=O)N1C(=O)OC[C@H]1Cc1ccccc1. The Balaban J connectivity index is 1.73. The third-order valence-electron chi connectivity index (χ3n) is 6.06. The van der Waals surface area contributed by atoms with Crippen LogP contribution in [0.1, 0.15) is 32.2 Å². The predicted molar refractivity (Wildman–Crippen MR) is 131 cm³/mol. The standard InChI is InChI=1S/C24H37N5O4Si/c1-24(2,3)20(15-21-25-26-27-28(21)17-32-12-13-34(4,5)6)22(30)29-19(16-33-23(29)31)14-18-10-8-7-9-11-18/h7-11,19-20H,12-17H2,1-6H3/t19-,20+/m1/s1. The van der Waals surface area contributed by atoms with E-state index in [1.54, 1.807) is 4.68 Å². The summed E-state index contributed by atoms with van der Waals surface area (Å²) < 4.78 is 12.7. The molecule has 1 aromatic heterocycles. The highest BCUT2D eigenvalue weighted by Crippen LogP contribution is 2.33. The third-order valence-corrected chi connectivity index (χ3v) is 7.76. The molecular weight excluding hydrogens is 450 g/mol. The van der Waals surface area contributed by atoms with Crippen LogP contribution in [0.5, 0.6) is 0 Å². The van der Waals surface area contributed by atoms with Crippen LogP contribution in [0.25, 0.3) is 0 Å². The normalized spacial score (nSPS) is 17.6. The number of amides is 2. The lowest BCUT2D eigenvalue weighted by Crippen LogP contribution is -2.47. The highest BCUT2D eigenvalue weighted by Gasteiger charge is 2.44.